The number of halogens is 2. The maximum Gasteiger partial charge on any atom is 0.235 e. The molecule has 8 heteroatoms. The summed E-state index contributed by atoms with van der Waals surface area (Å²) in [5.41, 5.74) is 2.44. The molecule has 0 fully saturated rings. The molecule has 0 aliphatic rings. The molecule has 30 heavy (non-hydrogen) atoms. The van der Waals surface area contributed by atoms with E-state index < -0.39 is 11.1 Å². The number of carbonyl (C=O) groups is 1. The van der Waals surface area contributed by atoms with Crippen molar-refractivity contribution in [3.63, 3.8) is 0 Å². The average Bonchev–Trinajstić information content (AvgIpc) is 3.12. The minimum absolute atomic E-state index is 0.101. The van der Waals surface area contributed by atoms with Crippen LogP contribution in [0.2, 0.25) is 5.02 Å². The van der Waals surface area contributed by atoms with E-state index in [0.29, 0.717) is 22.3 Å². The monoisotopic (exact) mass is 446 g/mol. The molecule has 0 radical (unpaired) electrons. The van der Waals surface area contributed by atoms with Crippen molar-refractivity contribution in [1.82, 2.24) is 19.7 Å². The third kappa shape index (κ3) is 4.84. The Labute approximate surface area is 185 Å². The van der Waals surface area contributed by atoms with E-state index in [1.165, 1.54) is 22.7 Å². The molecule has 158 valence electrons. The van der Waals surface area contributed by atoms with E-state index >= 15 is 0 Å². The zero-order chi connectivity index (χ0) is 21.8. The lowest BCUT2D eigenvalue weighted by atomic mass is 10.1. The molecule has 5 nitrogen and oxygen atoms in total. The van der Waals surface area contributed by atoms with Gasteiger partial charge >= 0.3 is 0 Å². The van der Waals surface area contributed by atoms with Crippen molar-refractivity contribution in [2.24, 2.45) is 0 Å². The molecule has 1 atom stereocenters. The zero-order valence-corrected chi connectivity index (χ0v) is 19.0. The molecule has 0 spiro atoms. The Bertz CT molecular complexity index is 1040. The zero-order valence-electron chi connectivity index (χ0n) is 17.4. The molecule has 1 amide bonds. The van der Waals surface area contributed by atoms with Crippen LogP contribution in [0.15, 0.2) is 47.6 Å². The Kier molecular flexibility index (Phi) is 7.15. The lowest BCUT2D eigenvalue weighted by molar-refractivity contribution is -0.129. The molecular formula is C22H24ClFN4OS. The number of hydrogen-bond donors (Lipinski definition) is 0. The molecule has 0 bridgehead atoms. The molecule has 1 heterocycles. The maximum atomic E-state index is 14.1. The standard InChI is InChI=1S/C22H24ClFN4OS/c1-5-28-20(16-9-6-8-14(2)12-16)25-26-22(28)30-15(3)21(29)27(4)13-17-18(23)10-7-11-19(17)24/h6-12,15H,5,13H2,1-4H3. The van der Waals surface area contributed by atoms with Gasteiger partial charge in [0.2, 0.25) is 5.91 Å². The summed E-state index contributed by atoms with van der Waals surface area (Å²) in [4.78, 5) is 14.4. The predicted molar refractivity (Wildman–Crippen MR) is 119 cm³/mol. The first-order chi connectivity index (χ1) is 14.3. The lowest BCUT2D eigenvalue weighted by Gasteiger charge is -2.22. The summed E-state index contributed by atoms with van der Waals surface area (Å²) in [7, 11) is 1.64. The molecule has 0 aliphatic heterocycles. The number of nitrogens with zero attached hydrogens (tertiary/aromatic N) is 4. The third-order valence-electron chi connectivity index (χ3n) is 4.77. The van der Waals surface area contributed by atoms with Crippen LogP contribution in [0, 0.1) is 12.7 Å². The van der Waals surface area contributed by atoms with Gasteiger partial charge < -0.3 is 9.47 Å². The Morgan fingerprint density at radius 3 is 2.67 bits per heavy atom. The molecule has 3 rings (SSSR count). The van der Waals surface area contributed by atoms with Crippen LogP contribution in [0.5, 0.6) is 0 Å². The van der Waals surface area contributed by atoms with Gasteiger partial charge in [-0.3, -0.25) is 4.79 Å². The summed E-state index contributed by atoms with van der Waals surface area (Å²) in [6, 6.07) is 12.6. The molecule has 0 saturated heterocycles. The highest BCUT2D eigenvalue weighted by Gasteiger charge is 2.24. The minimum Gasteiger partial charge on any atom is -0.340 e. The summed E-state index contributed by atoms with van der Waals surface area (Å²) in [6.45, 7) is 6.65. The predicted octanol–water partition coefficient (Wildman–Crippen LogP) is 5.21. The van der Waals surface area contributed by atoms with Crippen molar-refractivity contribution in [1.29, 1.82) is 0 Å². The summed E-state index contributed by atoms with van der Waals surface area (Å²) in [6.07, 6.45) is 0. The Balaban J connectivity index is 1.75. The number of aryl methyl sites for hydroxylation is 1. The van der Waals surface area contributed by atoms with Crippen molar-refractivity contribution >= 4 is 29.3 Å². The number of aromatic nitrogens is 3. The molecule has 2 aromatic carbocycles. The van der Waals surface area contributed by atoms with Crippen molar-refractivity contribution in [2.45, 2.75) is 44.3 Å². The first kappa shape index (κ1) is 22.3. The van der Waals surface area contributed by atoms with Crippen LogP contribution in [-0.4, -0.2) is 37.9 Å². The van der Waals surface area contributed by atoms with Crippen LogP contribution in [0.1, 0.15) is 25.0 Å². The summed E-state index contributed by atoms with van der Waals surface area (Å²) in [5, 5.41) is 9.22. The van der Waals surface area contributed by atoms with Gasteiger partial charge in [-0.1, -0.05) is 53.2 Å². The molecule has 1 unspecified atom stereocenters. The maximum absolute atomic E-state index is 14.1. The Morgan fingerprint density at radius 1 is 1.27 bits per heavy atom. The van der Waals surface area contributed by atoms with Gasteiger partial charge in [0.05, 0.1) is 5.25 Å². The summed E-state index contributed by atoms with van der Waals surface area (Å²) < 4.78 is 16.1. The quantitative estimate of drug-likeness (QED) is 0.468. The van der Waals surface area contributed by atoms with Crippen LogP contribution in [0.3, 0.4) is 0 Å². The fourth-order valence-corrected chi connectivity index (χ4v) is 4.43. The van der Waals surface area contributed by atoms with Crippen LogP contribution in [0.4, 0.5) is 4.39 Å². The average molecular weight is 447 g/mol. The van der Waals surface area contributed by atoms with E-state index in [9.17, 15) is 9.18 Å². The van der Waals surface area contributed by atoms with Gasteiger partial charge in [0.25, 0.3) is 0 Å². The van der Waals surface area contributed by atoms with E-state index in [0.717, 1.165) is 17.0 Å². The Morgan fingerprint density at radius 2 is 2.00 bits per heavy atom. The van der Waals surface area contributed by atoms with Crippen LogP contribution >= 0.6 is 23.4 Å². The SMILES string of the molecule is CCn1c(SC(C)C(=O)N(C)Cc2c(F)cccc2Cl)nnc1-c1cccc(C)c1. The number of carbonyl (C=O) groups excluding carboxylic acids is 1. The second-order valence-electron chi connectivity index (χ2n) is 7.07. The van der Waals surface area contributed by atoms with E-state index in [4.69, 9.17) is 11.6 Å². The highest BCUT2D eigenvalue weighted by Crippen LogP contribution is 2.28. The first-order valence-electron chi connectivity index (χ1n) is 9.66. The summed E-state index contributed by atoms with van der Waals surface area (Å²) >= 11 is 7.44. The highest BCUT2D eigenvalue weighted by molar-refractivity contribution is 8.00. The van der Waals surface area contributed by atoms with Crippen molar-refractivity contribution < 1.29 is 9.18 Å². The second-order valence-corrected chi connectivity index (χ2v) is 8.79. The second kappa shape index (κ2) is 9.62. The molecular weight excluding hydrogens is 423 g/mol. The molecule has 1 aromatic heterocycles. The van der Waals surface area contributed by atoms with Crippen LogP contribution in [0.25, 0.3) is 11.4 Å². The van der Waals surface area contributed by atoms with Crippen molar-refractivity contribution in [3.05, 3.63) is 64.4 Å². The van der Waals surface area contributed by atoms with Crippen LogP contribution < -0.4 is 0 Å². The number of benzene rings is 2. The largest absolute Gasteiger partial charge is 0.340 e. The Hall–Kier alpha value is -2.38. The third-order valence-corrected chi connectivity index (χ3v) is 6.19. The van der Waals surface area contributed by atoms with Gasteiger partial charge in [-0.2, -0.15) is 0 Å². The molecule has 0 N–H and O–H groups in total. The molecule has 0 saturated carbocycles. The van der Waals surface area contributed by atoms with Crippen molar-refractivity contribution in [3.8, 4) is 11.4 Å². The highest BCUT2D eigenvalue weighted by atomic mass is 35.5. The van der Waals surface area contributed by atoms with Gasteiger partial charge in [0.15, 0.2) is 11.0 Å². The van der Waals surface area contributed by atoms with E-state index in [1.54, 1.807) is 19.2 Å². The normalized spacial score (nSPS) is 12.1. The van der Waals surface area contributed by atoms with E-state index in [1.807, 2.05) is 43.5 Å². The van der Waals surface area contributed by atoms with Gasteiger partial charge in [-0.25, -0.2) is 4.39 Å². The van der Waals surface area contributed by atoms with Gasteiger partial charge in [0.1, 0.15) is 5.82 Å². The number of amides is 1. The van der Waals surface area contributed by atoms with Crippen molar-refractivity contribution in [2.75, 3.05) is 7.05 Å². The number of thioether (sulfide) groups is 1. The van der Waals surface area contributed by atoms with Gasteiger partial charge in [0, 0.05) is 36.3 Å². The van der Waals surface area contributed by atoms with E-state index in [2.05, 4.69) is 16.3 Å². The van der Waals surface area contributed by atoms with Crippen LogP contribution in [-0.2, 0) is 17.9 Å². The molecule has 0 aliphatic carbocycles. The number of hydrogen-bond acceptors (Lipinski definition) is 4. The smallest absolute Gasteiger partial charge is 0.235 e. The van der Waals surface area contributed by atoms with E-state index in [-0.39, 0.29) is 12.5 Å². The minimum atomic E-state index is -0.420. The van der Waals surface area contributed by atoms with Gasteiger partial charge in [-0.15, -0.1) is 10.2 Å². The lowest BCUT2D eigenvalue weighted by Crippen LogP contribution is -2.33. The number of rotatable bonds is 7. The first-order valence-corrected chi connectivity index (χ1v) is 10.9. The van der Waals surface area contributed by atoms with Gasteiger partial charge in [-0.05, 0) is 39.0 Å². The fraction of sp³-hybridized carbons (Fsp3) is 0.318. The summed E-state index contributed by atoms with van der Waals surface area (Å²) in [5.74, 6) is 0.216. The fourth-order valence-electron chi connectivity index (χ4n) is 3.18. The molecule has 3 aromatic rings. The topological polar surface area (TPSA) is 51.0 Å².